The summed E-state index contributed by atoms with van der Waals surface area (Å²) in [6, 6.07) is 9.38. The summed E-state index contributed by atoms with van der Waals surface area (Å²) in [5.74, 6) is -1.22. The third-order valence-electron chi connectivity index (χ3n) is 3.49. The average Bonchev–Trinajstić information content (AvgIpc) is 3.02. The normalized spacial score (nSPS) is 14.9. The van der Waals surface area contributed by atoms with Gasteiger partial charge in [-0.2, -0.15) is 0 Å². The Balaban J connectivity index is 2.60. The lowest BCUT2D eigenvalue weighted by Crippen LogP contribution is -2.54. The van der Waals surface area contributed by atoms with Gasteiger partial charge < -0.3 is 14.6 Å². The molecule has 5 heteroatoms. The fraction of sp³-hybridized carbons (Fsp3) is 0.438. The number of benzene rings is 1. The minimum Gasteiger partial charge on any atom is -0.374 e. The molecule has 0 saturated carbocycles. The summed E-state index contributed by atoms with van der Waals surface area (Å²) in [5.41, 5.74) is 1.45. The third kappa shape index (κ3) is 2.87. The second-order valence-electron chi connectivity index (χ2n) is 4.76. The summed E-state index contributed by atoms with van der Waals surface area (Å²) in [6.45, 7) is 6.37. The molecule has 0 amide bonds. The number of ether oxygens (including phenoxy) is 2. The number of hydrogen-bond donors (Lipinski definition) is 1. The van der Waals surface area contributed by atoms with E-state index < -0.39 is 11.4 Å². The largest absolute Gasteiger partial charge is 0.374 e. The Kier molecular flexibility index (Phi) is 5.11. The van der Waals surface area contributed by atoms with Crippen molar-refractivity contribution in [3.05, 3.63) is 52.5 Å². The molecule has 1 atom stereocenters. The first-order valence-corrected chi connectivity index (χ1v) is 7.97. The lowest BCUT2D eigenvalue weighted by molar-refractivity contribution is -0.302. The second-order valence-corrected chi connectivity index (χ2v) is 5.48. The van der Waals surface area contributed by atoms with Gasteiger partial charge >= 0.3 is 0 Å². The van der Waals surface area contributed by atoms with Crippen LogP contribution in [-0.4, -0.2) is 29.1 Å². The van der Waals surface area contributed by atoms with Crippen LogP contribution in [0.5, 0.6) is 0 Å². The number of hydrogen-bond acceptors (Lipinski definition) is 5. The van der Waals surface area contributed by atoms with Gasteiger partial charge in [-0.25, -0.2) is 4.98 Å². The second kappa shape index (κ2) is 6.66. The Morgan fingerprint density at radius 1 is 1.14 bits per heavy atom. The predicted octanol–water partition coefficient (Wildman–Crippen LogP) is 3.17. The number of rotatable bonds is 7. The highest BCUT2D eigenvalue weighted by Crippen LogP contribution is 2.42. The van der Waals surface area contributed by atoms with Gasteiger partial charge in [0.1, 0.15) is 0 Å². The van der Waals surface area contributed by atoms with Crippen molar-refractivity contribution in [2.75, 3.05) is 13.2 Å². The standard InChI is InChI=1S/C16H21NO3S/c1-4-19-15(3,20-5-2)16(18,14-11-21-12-17-14)13-9-7-6-8-10-13/h6-12,18H,4-5H2,1-3H3. The van der Waals surface area contributed by atoms with Crippen molar-refractivity contribution in [2.24, 2.45) is 0 Å². The van der Waals surface area contributed by atoms with Crippen LogP contribution in [0.1, 0.15) is 32.0 Å². The van der Waals surface area contributed by atoms with E-state index in [1.165, 1.54) is 11.3 Å². The zero-order valence-corrected chi connectivity index (χ0v) is 13.4. The molecule has 1 aromatic heterocycles. The van der Waals surface area contributed by atoms with Gasteiger partial charge in [0, 0.05) is 18.6 Å². The smallest absolute Gasteiger partial charge is 0.204 e. The Morgan fingerprint density at radius 2 is 1.76 bits per heavy atom. The van der Waals surface area contributed by atoms with Crippen molar-refractivity contribution < 1.29 is 14.6 Å². The highest BCUT2D eigenvalue weighted by atomic mass is 32.1. The van der Waals surface area contributed by atoms with Gasteiger partial charge in [-0.05, 0) is 26.3 Å². The van der Waals surface area contributed by atoms with Crippen molar-refractivity contribution in [2.45, 2.75) is 32.2 Å². The molecular formula is C16H21NO3S. The van der Waals surface area contributed by atoms with Crippen LogP contribution in [0.2, 0.25) is 0 Å². The van der Waals surface area contributed by atoms with Gasteiger partial charge in [0.05, 0.1) is 11.2 Å². The first kappa shape index (κ1) is 16.1. The predicted molar refractivity (Wildman–Crippen MR) is 83.2 cm³/mol. The van der Waals surface area contributed by atoms with Gasteiger partial charge in [0.25, 0.3) is 0 Å². The fourth-order valence-corrected chi connectivity index (χ4v) is 3.11. The van der Waals surface area contributed by atoms with Crippen LogP contribution >= 0.6 is 11.3 Å². The van der Waals surface area contributed by atoms with E-state index in [1.54, 1.807) is 12.4 Å². The van der Waals surface area contributed by atoms with Crippen molar-refractivity contribution >= 4 is 11.3 Å². The third-order valence-corrected chi connectivity index (χ3v) is 4.08. The first-order valence-electron chi connectivity index (χ1n) is 7.03. The van der Waals surface area contributed by atoms with E-state index in [1.807, 2.05) is 49.6 Å². The summed E-state index contributed by atoms with van der Waals surface area (Å²) >= 11 is 1.43. The zero-order chi connectivity index (χ0) is 15.3. The molecule has 0 radical (unpaired) electrons. The first-order chi connectivity index (χ1) is 10.1. The van der Waals surface area contributed by atoms with E-state index in [2.05, 4.69) is 4.98 Å². The number of aromatic nitrogens is 1. The van der Waals surface area contributed by atoms with Crippen LogP contribution < -0.4 is 0 Å². The number of aliphatic hydroxyl groups is 1. The van der Waals surface area contributed by atoms with Crippen LogP contribution in [0.4, 0.5) is 0 Å². The van der Waals surface area contributed by atoms with Gasteiger partial charge in [-0.1, -0.05) is 30.3 Å². The molecule has 2 rings (SSSR count). The van der Waals surface area contributed by atoms with Crippen LogP contribution in [0, 0.1) is 0 Å². The maximum Gasteiger partial charge on any atom is 0.204 e. The van der Waals surface area contributed by atoms with E-state index in [0.29, 0.717) is 24.5 Å². The molecule has 0 aliphatic heterocycles. The van der Waals surface area contributed by atoms with Gasteiger partial charge in [-0.15, -0.1) is 11.3 Å². The van der Waals surface area contributed by atoms with E-state index in [-0.39, 0.29) is 0 Å². The maximum atomic E-state index is 11.5. The van der Waals surface area contributed by atoms with Gasteiger partial charge in [0.2, 0.25) is 5.79 Å². The van der Waals surface area contributed by atoms with E-state index in [0.717, 1.165) is 0 Å². The molecule has 0 spiro atoms. The Morgan fingerprint density at radius 3 is 2.24 bits per heavy atom. The van der Waals surface area contributed by atoms with E-state index >= 15 is 0 Å². The molecule has 0 aliphatic carbocycles. The number of thiazole rings is 1. The molecule has 114 valence electrons. The zero-order valence-electron chi connectivity index (χ0n) is 12.6. The van der Waals surface area contributed by atoms with Gasteiger partial charge in [-0.3, -0.25) is 0 Å². The summed E-state index contributed by atoms with van der Waals surface area (Å²) in [6.07, 6.45) is 0. The van der Waals surface area contributed by atoms with Crippen molar-refractivity contribution in [1.82, 2.24) is 4.98 Å². The van der Waals surface area contributed by atoms with Crippen LogP contribution in [0.25, 0.3) is 0 Å². The molecule has 1 aromatic carbocycles. The topological polar surface area (TPSA) is 51.6 Å². The molecule has 4 nitrogen and oxygen atoms in total. The fourth-order valence-electron chi connectivity index (χ4n) is 2.51. The summed E-state index contributed by atoms with van der Waals surface area (Å²) in [5, 5.41) is 13.3. The quantitative estimate of drug-likeness (QED) is 0.798. The van der Waals surface area contributed by atoms with Crippen LogP contribution in [-0.2, 0) is 15.1 Å². The highest BCUT2D eigenvalue weighted by Gasteiger charge is 2.53. The minimum atomic E-state index is -1.47. The molecule has 0 aliphatic rings. The van der Waals surface area contributed by atoms with Crippen molar-refractivity contribution in [3.63, 3.8) is 0 Å². The molecule has 0 bridgehead atoms. The molecule has 21 heavy (non-hydrogen) atoms. The molecule has 1 heterocycles. The monoisotopic (exact) mass is 307 g/mol. The molecular weight excluding hydrogens is 286 g/mol. The van der Waals surface area contributed by atoms with Crippen molar-refractivity contribution in [3.8, 4) is 0 Å². The summed E-state index contributed by atoms with van der Waals surface area (Å²) in [4.78, 5) is 4.30. The highest BCUT2D eigenvalue weighted by molar-refractivity contribution is 7.07. The minimum absolute atomic E-state index is 0.426. The summed E-state index contributed by atoms with van der Waals surface area (Å²) < 4.78 is 11.6. The molecule has 1 unspecified atom stereocenters. The lowest BCUT2D eigenvalue weighted by atomic mass is 9.83. The SMILES string of the molecule is CCOC(C)(OCC)C(O)(c1ccccc1)c1cscn1. The van der Waals surface area contributed by atoms with Gasteiger partial charge in [0.15, 0.2) is 5.60 Å². The lowest BCUT2D eigenvalue weighted by Gasteiger charge is -2.43. The average molecular weight is 307 g/mol. The maximum absolute atomic E-state index is 11.5. The Bertz CT molecular complexity index is 538. The molecule has 0 saturated heterocycles. The summed E-state index contributed by atoms with van der Waals surface area (Å²) in [7, 11) is 0. The van der Waals surface area contributed by atoms with Crippen LogP contribution in [0.3, 0.4) is 0 Å². The molecule has 2 aromatic rings. The Labute approximate surface area is 129 Å². The van der Waals surface area contributed by atoms with E-state index in [4.69, 9.17) is 9.47 Å². The van der Waals surface area contributed by atoms with Crippen molar-refractivity contribution in [1.29, 1.82) is 0 Å². The van der Waals surface area contributed by atoms with E-state index in [9.17, 15) is 5.11 Å². The Hall–Kier alpha value is -1.27. The van der Waals surface area contributed by atoms with Crippen LogP contribution in [0.15, 0.2) is 41.2 Å². The number of nitrogens with zero attached hydrogens (tertiary/aromatic N) is 1. The molecule has 0 fully saturated rings. The molecule has 1 N–H and O–H groups in total.